The van der Waals surface area contributed by atoms with E-state index in [2.05, 4.69) is 34.5 Å². The molecule has 0 spiro atoms. The number of halogens is 1. The summed E-state index contributed by atoms with van der Waals surface area (Å²) in [6.45, 7) is 1.87. The molecule has 2 heterocycles. The molecule has 1 saturated heterocycles. The molecule has 3 nitrogen and oxygen atoms in total. The third kappa shape index (κ3) is 2.13. The lowest BCUT2D eigenvalue weighted by Crippen LogP contribution is -2.22. The van der Waals surface area contributed by atoms with E-state index in [1.165, 1.54) is 11.3 Å². The van der Waals surface area contributed by atoms with E-state index < -0.39 is 0 Å². The maximum Gasteiger partial charge on any atom is 0.0991 e. The maximum absolute atomic E-state index is 8.79. The van der Waals surface area contributed by atoms with Crippen molar-refractivity contribution >= 4 is 12.4 Å². The summed E-state index contributed by atoms with van der Waals surface area (Å²) >= 11 is 0. The van der Waals surface area contributed by atoms with Gasteiger partial charge in [0, 0.05) is 12.2 Å². The van der Waals surface area contributed by atoms with Crippen LogP contribution in [-0.2, 0) is 0 Å². The SMILES string of the molecule is Cl.N#Cc1ccc(C2NCN3CC=CC=C23)cc1. The molecule has 2 aliphatic heterocycles. The summed E-state index contributed by atoms with van der Waals surface area (Å²) in [6.07, 6.45) is 6.42. The molecule has 18 heavy (non-hydrogen) atoms. The van der Waals surface area contributed by atoms with Crippen molar-refractivity contribution in [3.63, 3.8) is 0 Å². The van der Waals surface area contributed by atoms with Crippen molar-refractivity contribution in [3.05, 3.63) is 59.3 Å². The number of nitrogens with one attached hydrogen (secondary N) is 1. The Balaban J connectivity index is 0.00000120. The Morgan fingerprint density at radius 3 is 2.78 bits per heavy atom. The number of rotatable bonds is 1. The van der Waals surface area contributed by atoms with Gasteiger partial charge in [-0.25, -0.2) is 0 Å². The zero-order valence-electron chi connectivity index (χ0n) is 9.84. The quantitative estimate of drug-likeness (QED) is 0.841. The second-order valence-electron chi connectivity index (χ2n) is 4.27. The monoisotopic (exact) mass is 259 g/mol. The van der Waals surface area contributed by atoms with Gasteiger partial charge in [-0.05, 0) is 23.8 Å². The lowest BCUT2D eigenvalue weighted by atomic mass is 10.0. The van der Waals surface area contributed by atoms with Crippen molar-refractivity contribution in [2.75, 3.05) is 13.2 Å². The molecular weight excluding hydrogens is 246 g/mol. The van der Waals surface area contributed by atoms with Crippen LogP contribution in [0.2, 0.25) is 0 Å². The van der Waals surface area contributed by atoms with Crippen molar-refractivity contribution in [2.45, 2.75) is 6.04 Å². The molecule has 0 bridgehead atoms. The molecule has 0 amide bonds. The molecule has 0 aliphatic carbocycles. The molecule has 3 rings (SSSR count). The molecule has 1 aromatic carbocycles. The van der Waals surface area contributed by atoms with Crippen LogP contribution in [0.15, 0.2) is 48.2 Å². The Morgan fingerprint density at radius 1 is 1.28 bits per heavy atom. The summed E-state index contributed by atoms with van der Waals surface area (Å²) in [5, 5.41) is 12.3. The van der Waals surface area contributed by atoms with Gasteiger partial charge in [0.25, 0.3) is 0 Å². The third-order valence-electron chi connectivity index (χ3n) is 3.25. The van der Waals surface area contributed by atoms with Gasteiger partial charge in [-0.3, -0.25) is 5.32 Å². The molecule has 1 atom stereocenters. The zero-order valence-corrected chi connectivity index (χ0v) is 10.7. The molecule has 4 heteroatoms. The summed E-state index contributed by atoms with van der Waals surface area (Å²) in [6, 6.07) is 10.2. The normalized spacial score (nSPS) is 20.7. The van der Waals surface area contributed by atoms with Crippen LogP contribution in [0.4, 0.5) is 0 Å². The lowest BCUT2D eigenvalue weighted by Gasteiger charge is -2.21. The first-order chi connectivity index (χ1) is 8.38. The smallest absolute Gasteiger partial charge is 0.0991 e. The molecule has 2 aliphatic rings. The van der Waals surface area contributed by atoms with Gasteiger partial charge in [-0.2, -0.15) is 5.26 Å². The van der Waals surface area contributed by atoms with Crippen LogP contribution in [0, 0.1) is 11.3 Å². The van der Waals surface area contributed by atoms with Crippen molar-refractivity contribution in [3.8, 4) is 6.07 Å². The molecule has 0 saturated carbocycles. The summed E-state index contributed by atoms with van der Waals surface area (Å²) < 4.78 is 0. The van der Waals surface area contributed by atoms with Crippen LogP contribution in [0.5, 0.6) is 0 Å². The molecule has 1 unspecified atom stereocenters. The van der Waals surface area contributed by atoms with Crippen LogP contribution in [0.3, 0.4) is 0 Å². The minimum absolute atomic E-state index is 0. The number of fused-ring (bicyclic) bond motifs is 1. The summed E-state index contributed by atoms with van der Waals surface area (Å²) in [4.78, 5) is 2.32. The van der Waals surface area contributed by atoms with E-state index >= 15 is 0 Å². The van der Waals surface area contributed by atoms with Crippen molar-refractivity contribution in [2.24, 2.45) is 0 Å². The van der Waals surface area contributed by atoms with Gasteiger partial charge in [0.15, 0.2) is 0 Å². The second kappa shape index (κ2) is 5.26. The first-order valence-corrected chi connectivity index (χ1v) is 5.73. The standard InChI is InChI=1S/C14H13N3.ClH/c15-9-11-4-6-12(7-5-11)14-13-3-1-2-8-17(13)10-16-14;/h1-7,14,16H,8,10H2;1H. The van der Waals surface area contributed by atoms with Crippen LogP contribution in [0.1, 0.15) is 17.2 Å². The summed E-state index contributed by atoms with van der Waals surface area (Å²) in [7, 11) is 0. The summed E-state index contributed by atoms with van der Waals surface area (Å²) in [5.41, 5.74) is 3.24. The van der Waals surface area contributed by atoms with Gasteiger partial charge in [0.2, 0.25) is 0 Å². The topological polar surface area (TPSA) is 39.1 Å². The number of nitriles is 1. The van der Waals surface area contributed by atoms with Crippen molar-refractivity contribution in [1.82, 2.24) is 10.2 Å². The largest absolute Gasteiger partial charge is 0.357 e. The third-order valence-corrected chi connectivity index (χ3v) is 3.25. The first-order valence-electron chi connectivity index (χ1n) is 5.73. The molecule has 1 aromatic rings. The minimum atomic E-state index is 0. The van der Waals surface area contributed by atoms with Gasteiger partial charge in [-0.1, -0.05) is 24.3 Å². The predicted octanol–water partition coefficient (Wildman–Crippen LogP) is 2.34. The van der Waals surface area contributed by atoms with Crippen LogP contribution in [0.25, 0.3) is 0 Å². The van der Waals surface area contributed by atoms with Gasteiger partial charge in [-0.15, -0.1) is 12.4 Å². The van der Waals surface area contributed by atoms with Crippen molar-refractivity contribution < 1.29 is 0 Å². The van der Waals surface area contributed by atoms with Gasteiger partial charge in [0.1, 0.15) is 0 Å². The number of benzene rings is 1. The lowest BCUT2D eigenvalue weighted by molar-refractivity contribution is 0.420. The molecule has 1 N–H and O–H groups in total. The van der Waals surface area contributed by atoms with Crippen molar-refractivity contribution in [1.29, 1.82) is 5.26 Å². The van der Waals surface area contributed by atoms with Gasteiger partial charge >= 0.3 is 0 Å². The Labute approximate surface area is 113 Å². The maximum atomic E-state index is 8.79. The number of nitrogens with zero attached hydrogens (tertiary/aromatic N) is 2. The van der Waals surface area contributed by atoms with E-state index in [0.717, 1.165) is 13.2 Å². The Kier molecular flexibility index (Phi) is 3.71. The average molecular weight is 260 g/mol. The van der Waals surface area contributed by atoms with E-state index in [1.54, 1.807) is 0 Å². The highest BCUT2D eigenvalue weighted by Crippen LogP contribution is 2.30. The highest BCUT2D eigenvalue weighted by molar-refractivity contribution is 5.85. The number of hydrogen-bond donors (Lipinski definition) is 1. The van der Waals surface area contributed by atoms with Crippen LogP contribution < -0.4 is 5.32 Å². The molecule has 0 aromatic heterocycles. The van der Waals surface area contributed by atoms with Gasteiger partial charge in [0.05, 0.1) is 24.3 Å². The van der Waals surface area contributed by atoms with E-state index in [4.69, 9.17) is 5.26 Å². The second-order valence-corrected chi connectivity index (χ2v) is 4.27. The number of allylic oxidation sites excluding steroid dienone is 2. The fourth-order valence-corrected chi connectivity index (χ4v) is 2.34. The molecule has 0 radical (unpaired) electrons. The number of hydrogen-bond acceptors (Lipinski definition) is 3. The summed E-state index contributed by atoms with van der Waals surface area (Å²) in [5.74, 6) is 0. The Bertz CT molecular complexity index is 525. The molecular formula is C14H14ClN3. The fourth-order valence-electron chi connectivity index (χ4n) is 2.34. The van der Waals surface area contributed by atoms with Crippen LogP contribution >= 0.6 is 12.4 Å². The molecule has 92 valence electrons. The van der Waals surface area contributed by atoms with Gasteiger partial charge < -0.3 is 4.90 Å². The fraction of sp³-hybridized carbons (Fsp3) is 0.214. The average Bonchev–Trinajstić information content (AvgIpc) is 2.83. The molecule has 1 fully saturated rings. The van der Waals surface area contributed by atoms with E-state index in [9.17, 15) is 0 Å². The predicted molar refractivity (Wildman–Crippen MR) is 73.1 cm³/mol. The minimum Gasteiger partial charge on any atom is -0.357 e. The highest BCUT2D eigenvalue weighted by atomic mass is 35.5. The van der Waals surface area contributed by atoms with E-state index in [1.807, 2.05) is 24.3 Å². The first kappa shape index (κ1) is 12.7. The Hall–Kier alpha value is -1.76. The van der Waals surface area contributed by atoms with Crippen LogP contribution in [-0.4, -0.2) is 18.1 Å². The highest BCUT2D eigenvalue weighted by Gasteiger charge is 2.28. The Morgan fingerprint density at radius 2 is 2.06 bits per heavy atom. The zero-order chi connectivity index (χ0) is 11.7. The van der Waals surface area contributed by atoms with E-state index in [-0.39, 0.29) is 18.4 Å². The van der Waals surface area contributed by atoms with E-state index in [0.29, 0.717) is 5.56 Å².